The second kappa shape index (κ2) is 4.71. The average Bonchev–Trinajstić information content (AvgIpc) is 2.26. The van der Waals surface area contributed by atoms with E-state index in [1.807, 2.05) is 32.0 Å². The molecule has 0 bridgehead atoms. The van der Waals surface area contributed by atoms with Crippen LogP contribution in [-0.2, 0) is 0 Å². The number of rotatable bonds is 2. The summed E-state index contributed by atoms with van der Waals surface area (Å²) in [6.45, 7) is 3.90. The first-order valence-electron chi connectivity index (χ1n) is 5.19. The zero-order valence-corrected chi connectivity index (χ0v) is 11.2. The summed E-state index contributed by atoms with van der Waals surface area (Å²) in [4.78, 5) is 8.56. The smallest absolute Gasteiger partial charge is 0.151 e. The zero-order valence-electron chi connectivity index (χ0n) is 9.66. The van der Waals surface area contributed by atoms with Crippen LogP contribution in [0.25, 0.3) is 0 Å². The summed E-state index contributed by atoms with van der Waals surface area (Å²) in [5.41, 5.74) is 9.41. The lowest BCUT2D eigenvalue weighted by atomic mass is 10.1. The lowest BCUT2D eigenvalue weighted by Gasteiger charge is -2.12. The first-order valence-corrected chi connectivity index (χ1v) is 5.98. The Morgan fingerprint density at radius 1 is 1.29 bits per heavy atom. The van der Waals surface area contributed by atoms with Crippen molar-refractivity contribution in [3.8, 4) is 0 Å². The fourth-order valence-corrected chi connectivity index (χ4v) is 1.92. The number of nitrogens with one attached hydrogen (secondary N) is 1. The average molecular weight is 293 g/mol. The Hall–Kier alpha value is -1.62. The molecular weight excluding hydrogens is 280 g/mol. The van der Waals surface area contributed by atoms with Gasteiger partial charge in [0.2, 0.25) is 0 Å². The molecule has 0 fully saturated rings. The molecule has 0 radical (unpaired) electrons. The van der Waals surface area contributed by atoms with E-state index < -0.39 is 0 Å². The molecule has 0 aliphatic rings. The lowest BCUT2D eigenvalue weighted by Crippen LogP contribution is -2.03. The minimum absolute atomic E-state index is 0.703. The number of hydrogen-bond donors (Lipinski definition) is 2. The first-order chi connectivity index (χ1) is 8.08. The second-order valence-corrected chi connectivity index (χ2v) is 4.60. The largest absolute Gasteiger partial charge is 0.397 e. The number of halogens is 1. The molecule has 1 aromatic carbocycles. The van der Waals surface area contributed by atoms with Gasteiger partial charge in [-0.15, -0.1) is 0 Å². The molecular formula is C12H13BrN4. The van der Waals surface area contributed by atoms with Crippen LogP contribution in [0.1, 0.15) is 11.3 Å². The van der Waals surface area contributed by atoms with Gasteiger partial charge in [0, 0.05) is 0 Å². The summed E-state index contributed by atoms with van der Waals surface area (Å²) in [5.74, 6) is 0.717. The Morgan fingerprint density at radius 3 is 2.71 bits per heavy atom. The van der Waals surface area contributed by atoms with Crippen LogP contribution >= 0.6 is 15.9 Å². The molecule has 2 rings (SSSR count). The maximum atomic E-state index is 5.93. The molecule has 0 saturated carbocycles. The van der Waals surface area contributed by atoms with Crippen molar-refractivity contribution in [3.63, 3.8) is 0 Å². The SMILES string of the molecule is Cc1cccc(N)c1Nc1ncc(Br)nc1C. The van der Waals surface area contributed by atoms with E-state index >= 15 is 0 Å². The van der Waals surface area contributed by atoms with E-state index in [9.17, 15) is 0 Å². The highest BCUT2D eigenvalue weighted by molar-refractivity contribution is 9.10. The number of para-hydroxylation sites is 1. The molecule has 1 heterocycles. The fraction of sp³-hybridized carbons (Fsp3) is 0.167. The second-order valence-electron chi connectivity index (χ2n) is 3.79. The van der Waals surface area contributed by atoms with E-state index in [-0.39, 0.29) is 0 Å². The Balaban J connectivity index is 2.38. The standard InChI is InChI=1S/C12H13BrN4/c1-7-4-3-5-9(14)11(7)17-12-8(2)16-10(13)6-15-12/h3-6H,14H2,1-2H3,(H,15,17). The summed E-state index contributed by atoms with van der Waals surface area (Å²) < 4.78 is 0.721. The minimum Gasteiger partial charge on any atom is -0.397 e. The molecule has 0 amide bonds. The monoisotopic (exact) mass is 292 g/mol. The van der Waals surface area contributed by atoms with E-state index in [0.29, 0.717) is 11.5 Å². The molecule has 17 heavy (non-hydrogen) atoms. The highest BCUT2D eigenvalue weighted by atomic mass is 79.9. The molecule has 5 heteroatoms. The van der Waals surface area contributed by atoms with Crippen LogP contribution < -0.4 is 11.1 Å². The molecule has 4 nitrogen and oxygen atoms in total. The van der Waals surface area contributed by atoms with Gasteiger partial charge < -0.3 is 11.1 Å². The van der Waals surface area contributed by atoms with Crippen LogP contribution in [0.5, 0.6) is 0 Å². The van der Waals surface area contributed by atoms with Crippen molar-refractivity contribution in [1.82, 2.24) is 9.97 Å². The third-order valence-corrected chi connectivity index (χ3v) is 2.85. The topological polar surface area (TPSA) is 63.8 Å². The van der Waals surface area contributed by atoms with Crippen LogP contribution in [0.15, 0.2) is 29.0 Å². The number of hydrogen-bond acceptors (Lipinski definition) is 4. The molecule has 0 atom stereocenters. The Kier molecular flexibility index (Phi) is 3.28. The molecule has 0 unspecified atom stereocenters. The van der Waals surface area contributed by atoms with Crippen molar-refractivity contribution < 1.29 is 0 Å². The Labute approximate surface area is 108 Å². The normalized spacial score (nSPS) is 10.3. The number of nitrogens with zero attached hydrogens (tertiary/aromatic N) is 2. The van der Waals surface area contributed by atoms with Crippen molar-refractivity contribution in [2.24, 2.45) is 0 Å². The summed E-state index contributed by atoms with van der Waals surface area (Å²) in [6.07, 6.45) is 1.66. The van der Waals surface area contributed by atoms with Gasteiger partial charge in [-0.1, -0.05) is 12.1 Å². The number of nitrogen functional groups attached to an aromatic ring is 1. The number of aromatic nitrogens is 2. The molecule has 0 spiro atoms. The maximum absolute atomic E-state index is 5.93. The molecule has 0 saturated heterocycles. The summed E-state index contributed by atoms with van der Waals surface area (Å²) in [6, 6.07) is 5.78. The lowest BCUT2D eigenvalue weighted by molar-refractivity contribution is 1.09. The highest BCUT2D eigenvalue weighted by Crippen LogP contribution is 2.26. The van der Waals surface area contributed by atoms with Gasteiger partial charge in [0.25, 0.3) is 0 Å². The van der Waals surface area contributed by atoms with Crippen LogP contribution in [-0.4, -0.2) is 9.97 Å². The van der Waals surface area contributed by atoms with Crippen molar-refractivity contribution in [2.75, 3.05) is 11.1 Å². The molecule has 88 valence electrons. The van der Waals surface area contributed by atoms with Crippen LogP contribution in [0.4, 0.5) is 17.2 Å². The number of aryl methyl sites for hydroxylation is 2. The van der Waals surface area contributed by atoms with E-state index in [1.165, 1.54) is 0 Å². The van der Waals surface area contributed by atoms with Gasteiger partial charge >= 0.3 is 0 Å². The van der Waals surface area contributed by atoms with Gasteiger partial charge in [-0.3, -0.25) is 0 Å². The quantitative estimate of drug-likeness (QED) is 0.835. The Bertz CT molecular complexity index is 534. The van der Waals surface area contributed by atoms with E-state index in [1.54, 1.807) is 6.20 Å². The third-order valence-electron chi connectivity index (χ3n) is 2.47. The van der Waals surface area contributed by atoms with Crippen molar-refractivity contribution in [3.05, 3.63) is 40.3 Å². The van der Waals surface area contributed by atoms with Crippen molar-refractivity contribution in [1.29, 1.82) is 0 Å². The number of anilines is 3. The zero-order chi connectivity index (χ0) is 12.4. The summed E-state index contributed by atoms with van der Waals surface area (Å²) in [7, 11) is 0. The predicted molar refractivity (Wildman–Crippen MR) is 73.3 cm³/mol. The van der Waals surface area contributed by atoms with Gasteiger partial charge in [-0.25, -0.2) is 9.97 Å². The van der Waals surface area contributed by atoms with Crippen molar-refractivity contribution in [2.45, 2.75) is 13.8 Å². The molecule has 0 aliphatic heterocycles. The van der Waals surface area contributed by atoms with Gasteiger partial charge in [-0.05, 0) is 41.4 Å². The van der Waals surface area contributed by atoms with Crippen LogP contribution in [0.2, 0.25) is 0 Å². The molecule has 0 aliphatic carbocycles. The van der Waals surface area contributed by atoms with Gasteiger partial charge in [0.15, 0.2) is 5.82 Å². The van der Waals surface area contributed by atoms with Crippen LogP contribution in [0.3, 0.4) is 0 Å². The van der Waals surface area contributed by atoms with Crippen LogP contribution in [0, 0.1) is 13.8 Å². The van der Waals surface area contributed by atoms with Gasteiger partial charge in [-0.2, -0.15) is 0 Å². The summed E-state index contributed by atoms with van der Waals surface area (Å²) >= 11 is 3.28. The predicted octanol–water partition coefficient (Wildman–Crippen LogP) is 3.18. The fourth-order valence-electron chi connectivity index (χ4n) is 1.56. The molecule has 3 N–H and O–H groups in total. The van der Waals surface area contributed by atoms with Gasteiger partial charge in [0.05, 0.1) is 23.3 Å². The van der Waals surface area contributed by atoms with E-state index in [0.717, 1.165) is 21.5 Å². The number of benzene rings is 1. The van der Waals surface area contributed by atoms with Gasteiger partial charge in [0.1, 0.15) is 4.60 Å². The van der Waals surface area contributed by atoms with E-state index in [2.05, 4.69) is 31.2 Å². The molecule has 1 aromatic heterocycles. The molecule has 2 aromatic rings. The Morgan fingerprint density at radius 2 is 2.06 bits per heavy atom. The van der Waals surface area contributed by atoms with Crippen molar-refractivity contribution >= 4 is 33.1 Å². The highest BCUT2D eigenvalue weighted by Gasteiger charge is 2.07. The third kappa shape index (κ3) is 2.55. The van der Waals surface area contributed by atoms with E-state index in [4.69, 9.17) is 5.73 Å². The summed E-state index contributed by atoms with van der Waals surface area (Å²) in [5, 5.41) is 3.22. The number of nitrogens with two attached hydrogens (primary N) is 1. The maximum Gasteiger partial charge on any atom is 0.151 e. The first kappa shape index (κ1) is 11.9. The minimum atomic E-state index is 0.703.